The molecule has 0 fully saturated rings. The average molecular weight is 175 g/mol. The van der Waals surface area contributed by atoms with E-state index in [0.29, 0.717) is 6.42 Å². The summed E-state index contributed by atoms with van der Waals surface area (Å²) < 4.78 is 1.66. The zero-order valence-corrected chi connectivity index (χ0v) is 7.27. The molecule has 0 saturated carbocycles. The fourth-order valence-electron chi connectivity index (χ4n) is 1.26. The number of carbonyl (C=O) groups excluding carboxylic acids is 1. The summed E-state index contributed by atoms with van der Waals surface area (Å²) in [4.78, 5) is 10.9. The van der Waals surface area contributed by atoms with E-state index in [9.17, 15) is 4.79 Å². The number of pyridine rings is 1. The molecule has 2 heterocycles. The molecule has 0 aromatic carbocycles. The highest BCUT2D eigenvalue weighted by Crippen LogP contribution is 2.07. The summed E-state index contributed by atoms with van der Waals surface area (Å²) in [5.41, 5.74) is 1.64. The summed E-state index contributed by atoms with van der Waals surface area (Å²) >= 11 is 0. The maximum Gasteiger partial charge on any atom is 0.135 e. The van der Waals surface area contributed by atoms with E-state index >= 15 is 0 Å². The van der Waals surface area contributed by atoms with Gasteiger partial charge in [-0.2, -0.15) is 0 Å². The quantitative estimate of drug-likeness (QED) is 0.680. The molecule has 2 aromatic heterocycles. The summed E-state index contributed by atoms with van der Waals surface area (Å²) in [5, 5.41) is 7.81. The third-order valence-corrected chi connectivity index (χ3v) is 1.81. The Balaban J connectivity index is 2.51. The molecule has 0 aliphatic carbocycles. The molecule has 0 spiro atoms. The number of fused-ring (bicyclic) bond motifs is 1. The molecule has 2 rings (SSSR count). The molecule has 0 radical (unpaired) electrons. The highest BCUT2D eigenvalue weighted by molar-refractivity contribution is 5.79. The van der Waals surface area contributed by atoms with Gasteiger partial charge in [-0.1, -0.05) is 11.3 Å². The van der Waals surface area contributed by atoms with Crippen LogP contribution >= 0.6 is 0 Å². The van der Waals surface area contributed by atoms with Crippen LogP contribution in [0.5, 0.6) is 0 Å². The minimum Gasteiger partial charge on any atom is -0.300 e. The van der Waals surface area contributed by atoms with Gasteiger partial charge in [0.25, 0.3) is 0 Å². The second kappa shape index (κ2) is 2.97. The lowest BCUT2D eigenvalue weighted by Crippen LogP contribution is -1.96. The Morgan fingerprint density at radius 1 is 1.54 bits per heavy atom. The molecule has 13 heavy (non-hydrogen) atoms. The van der Waals surface area contributed by atoms with Crippen LogP contribution in [0.2, 0.25) is 0 Å². The van der Waals surface area contributed by atoms with Gasteiger partial charge in [-0.25, -0.2) is 4.52 Å². The van der Waals surface area contributed by atoms with Gasteiger partial charge in [-0.3, -0.25) is 4.79 Å². The van der Waals surface area contributed by atoms with Crippen molar-refractivity contribution in [2.45, 2.75) is 13.3 Å². The first kappa shape index (κ1) is 7.91. The maximum atomic E-state index is 10.9. The SMILES string of the molecule is CC(=O)Cc1nnn2ccccc12. The third-order valence-electron chi connectivity index (χ3n) is 1.81. The van der Waals surface area contributed by atoms with Gasteiger partial charge in [-0.15, -0.1) is 5.10 Å². The molecule has 0 aliphatic heterocycles. The number of hydrogen-bond acceptors (Lipinski definition) is 3. The van der Waals surface area contributed by atoms with E-state index in [1.54, 1.807) is 11.4 Å². The molecule has 4 nitrogen and oxygen atoms in total. The summed E-state index contributed by atoms with van der Waals surface area (Å²) in [6, 6.07) is 5.68. The maximum absolute atomic E-state index is 10.9. The van der Waals surface area contributed by atoms with Crippen molar-refractivity contribution in [3.63, 3.8) is 0 Å². The van der Waals surface area contributed by atoms with Crippen LogP contribution in [0.3, 0.4) is 0 Å². The van der Waals surface area contributed by atoms with Crippen LogP contribution in [0.4, 0.5) is 0 Å². The van der Waals surface area contributed by atoms with Crippen molar-refractivity contribution in [1.82, 2.24) is 14.8 Å². The molecule has 0 aliphatic rings. The van der Waals surface area contributed by atoms with Crippen molar-refractivity contribution in [1.29, 1.82) is 0 Å². The number of carbonyl (C=O) groups is 1. The van der Waals surface area contributed by atoms with Crippen molar-refractivity contribution >= 4 is 11.3 Å². The van der Waals surface area contributed by atoms with Gasteiger partial charge in [0.05, 0.1) is 17.6 Å². The summed E-state index contributed by atoms with van der Waals surface area (Å²) in [6.07, 6.45) is 2.17. The number of rotatable bonds is 2. The number of aromatic nitrogens is 3. The molecular formula is C9H9N3O. The normalized spacial score (nSPS) is 10.5. The molecule has 0 saturated heterocycles. The van der Waals surface area contributed by atoms with Gasteiger partial charge >= 0.3 is 0 Å². The smallest absolute Gasteiger partial charge is 0.135 e. The van der Waals surface area contributed by atoms with Crippen molar-refractivity contribution in [3.05, 3.63) is 30.1 Å². The number of hydrogen-bond donors (Lipinski definition) is 0. The zero-order chi connectivity index (χ0) is 9.26. The standard InChI is InChI=1S/C9H9N3O/c1-7(13)6-8-9-4-2-3-5-12(9)11-10-8/h2-5H,6H2,1H3. The van der Waals surface area contributed by atoms with Crippen LogP contribution in [-0.4, -0.2) is 20.6 Å². The number of Topliss-reactive ketones (excluding diaryl/α,β-unsaturated/α-hetero) is 1. The van der Waals surface area contributed by atoms with Crippen molar-refractivity contribution in [2.75, 3.05) is 0 Å². The Morgan fingerprint density at radius 3 is 3.15 bits per heavy atom. The van der Waals surface area contributed by atoms with Crippen molar-refractivity contribution < 1.29 is 4.79 Å². The third kappa shape index (κ3) is 1.42. The molecule has 0 bridgehead atoms. The van der Waals surface area contributed by atoms with Crippen LogP contribution < -0.4 is 0 Å². The largest absolute Gasteiger partial charge is 0.300 e. The van der Waals surface area contributed by atoms with E-state index in [-0.39, 0.29) is 5.78 Å². The first-order valence-corrected chi connectivity index (χ1v) is 4.06. The van der Waals surface area contributed by atoms with E-state index < -0.39 is 0 Å². The predicted molar refractivity (Wildman–Crippen MR) is 47.4 cm³/mol. The van der Waals surface area contributed by atoms with Gasteiger partial charge in [0.1, 0.15) is 5.78 Å². The molecule has 2 aromatic rings. The number of ketones is 1. The fourth-order valence-corrected chi connectivity index (χ4v) is 1.26. The van der Waals surface area contributed by atoms with Gasteiger partial charge in [-0.05, 0) is 19.1 Å². The summed E-state index contributed by atoms with van der Waals surface area (Å²) in [6.45, 7) is 1.55. The highest BCUT2D eigenvalue weighted by atomic mass is 16.1. The van der Waals surface area contributed by atoms with Crippen molar-refractivity contribution in [3.8, 4) is 0 Å². The molecule has 0 unspecified atom stereocenters. The van der Waals surface area contributed by atoms with Gasteiger partial charge in [0.15, 0.2) is 0 Å². The Bertz CT molecular complexity index is 447. The van der Waals surface area contributed by atoms with E-state index in [2.05, 4.69) is 10.3 Å². The van der Waals surface area contributed by atoms with Crippen LogP contribution in [0, 0.1) is 0 Å². The molecule has 0 N–H and O–H groups in total. The average Bonchev–Trinajstić information content (AvgIpc) is 2.48. The minimum atomic E-state index is 0.103. The molecule has 0 atom stereocenters. The van der Waals surface area contributed by atoms with E-state index in [4.69, 9.17) is 0 Å². The second-order valence-electron chi connectivity index (χ2n) is 2.95. The Kier molecular flexibility index (Phi) is 1.81. The van der Waals surface area contributed by atoms with E-state index in [1.807, 2.05) is 24.4 Å². The first-order chi connectivity index (χ1) is 6.27. The monoisotopic (exact) mass is 175 g/mol. The summed E-state index contributed by atoms with van der Waals surface area (Å²) in [7, 11) is 0. The highest BCUT2D eigenvalue weighted by Gasteiger charge is 2.06. The predicted octanol–water partition coefficient (Wildman–Crippen LogP) is 0.861. The Morgan fingerprint density at radius 2 is 2.38 bits per heavy atom. The minimum absolute atomic E-state index is 0.103. The molecule has 66 valence electrons. The first-order valence-electron chi connectivity index (χ1n) is 4.06. The van der Waals surface area contributed by atoms with Gasteiger partial charge in [0.2, 0.25) is 0 Å². The summed E-state index contributed by atoms with van der Waals surface area (Å²) in [5.74, 6) is 0.103. The fraction of sp³-hybridized carbons (Fsp3) is 0.222. The van der Waals surface area contributed by atoms with Crippen LogP contribution in [0.15, 0.2) is 24.4 Å². The van der Waals surface area contributed by atoms with Gasteiger partial charge < -0.3 is 0 Å². The zero-order valence-electron chi connectivity index (χ0n) is 7.27. The molecule has 4 heteroatoms. The van der Waals surface area contributed by atoms with Crippen molar-refractivity contribution in [2.24, 2.45) is 0 Å². The lowest BCUT2D eigenvalue weighted by molar-refractivity contribution is -0.116. The number of nitrogens with zero attached hydrogens (tertiary/aromatic N) is 3. The Hall–Kier alpha value is -1.71. The van der Waals surface area contributed by atoms with E-state index in [1.165, 1.54) is 0 Å². The Labute approximate surface area is 75.2 Å². The lowest BCUT2D eigenvalue weighted by Gasteiger charge is -1.91. The van der Waals surface area contributed by atoms with Gasteiger partial charge in [0, 0.05) is 6.20 Å². The van der Waals surface area contributed by atoms with Crippen LogP contribution in [0.1, 0.15) is 12.6 Å². The van der Waals surface area contributed by atoms with Crippen LogP contribution in [-0.2, 0) is 11.2 Å². The van der Waals surface area contributed by atoms with Crippen LogP contribution in [0.25, 0.3) is 5.52 Å². The van der Waals surface area contributed by atoms with E-state index in [0.717, 1.165) is 11.2 Å². The molecular weight excluding hydrogens is 166 g/mol. The lowest BCUT2D eigenvalue weighted by atomic mass is 10.2. The molecule has 0 amide bonds. The second-order valence-corrected chi connectivity index (χ2v) is 2.95. The topological polar surface area (TPSA) is 47.3 Å².